The monoisotopic (exact) mass is 362 g/mol. The molecule has 4 nitrogen and oxygen atoms in total. The summed E-state index contributed by atoms with van der Waals surface area (Å²) in [6.45, 7) is 5.50. The van der Waals surface area contributed by atoms with E-state index in [4.69, 9.17) is 0 Å². The first-order chi connectivity index (χ1) is 9.56. The molecule has 2 aromatic rings. The fourth-order valence-corrected chi connectivity index (χ4v) is 1.88. The molecular formula is C13H14BrF3N4. The second-order valence-electron chi connectivity index (χ2n) is 5.52. The Hall–Kier alpha value is -1.57. The molecule has 0 aliphatic carbocycles. The Bertz CT molecular complexity index is 626. The van der Waals surface area contributed by atoms with E-state index in [1.165, 1.54) is 0 Å². The number of hydrogen-bond acceptors (Lipinski definition) is 3. The molecule has 0 bridgehead atoms. The zero-order valence-corrected chi connectivity index (χ0v) is 13.2. The smallest absolute Gasteiger partial charge is 0.350 e. The molecule has 1 heterocycles. The zero-order chi connectivity index (χ0) is 15.8. The second-order valence-corrected chi connectivity index (χ2v) is 6.44. The number of halogens is 4. The van der Waals surface area contributed by atoms with Crippen LogP contribution in [0.2, 0.25) is 0 Å². The summed E-state index contributed by atoms with van der Waals surface area (Å²) in [7, 11) is 0. The molecule has 0 amide bonds. The van der Waals surface area contributed by atoms with Crippen molar-refractivity contribution in [3.8, 4) is 5.69 Å². The van der Waals surface area contributed by atoms with Gasteiger partial charge in [0.05, 0.1) is 5.69 Å². The van der Waals surface area contributed by atoms with E-state index in [0.717, 1.165) is 9.15 Å². The molecule has 0 aliphatic heterocycles. The fourth-order valence-electron chi connectivity index (χ4n) is 1.61. The summed E-state index contributed by atoms with van der Waals surface area (Å²) in [4.78, 5) is 3.57. The van der Waals surface area contributed by atoms with Crippen LogP contribution in [0.3, 0.4) is 0 Å². The maximum absolute atomic E-state index is 12.8. The highest BCUT2D eigenvalue weighted by Crippen LogP contribution is 2.29. The molecule has 1 aromatic heterocycles. The van der Waals surface area contributed by atoms with Gasteiger partial charge < -0.3 is 5.32 Å². The van der Waals surface area contributed by atoms with Crippen LogP contribution in [0.5, 0.6) is 0 Å². The largest absolute Gasteiger partial charge is 0.453 e. The van der Waals surface area contributed by atoms with Crippen LogP contribution in [0.4, 0.5) is 19.1 Å². The van der Waals surface area contributed by atoms with Crippen molar-refractivity contribution < 1.29 is 13.2 Å². The summed E-state index contributed by atoms with van der Waals surface area (Å²) in [5.74, 6) is -1.12. The molecule has 21 heavy (non-hydrogen) atoms. The third-order valence-electron chi connectivity index (χ3n) is 2.42. The number of nitrogens with zero attached hydrogens (tertiary/aromatic N) is 3. The topological polar surface area (TPSA) is 42.7 Å². The lowest BCUT2D eigenvalue weighted by molar-refractivity contribution is -0.144. The number of anilines is 1. The lowest BCUT2D eigenvalue weighted by atomic mass is 10.1. The molecule has 0 radical (unpaired) electrons. The van der Waals surface area contributed by atoms with E-state index in [-0.39, 0.29) is 5.95 Å². The van der Waals surface area contributed by atoms with Crippen molar-refractivity contribution in [3.63, 3.8) is 0 Å². The first kappa shape index (κ1) is 15.8. The van der Waals surface area contributed by atoms with Crippen molar-refractivity contribution in [2.75, 3.05) is 5.32 Å². The Balaban J connectivity index is 2.51. The highest BCUT2D eigenvalue weighted by atomic mass is 79.9. The molecule has 1 aromatic carbocycles. The summed E-state index contributed by atoms with van der Waals surface area (Å²) in [5.41, 5.74) is 0.0520. The molecule has 0 fully saturated rings. The minimum absolute atomic E-state index is 0.0529. The highest BCUT2D eigenvalue weighted by molar-refractivity contribution is 9.10. The average Bonchev–Trinajstić information content (AvgIpc) is 2.71. The van der Waals surface area contributed by atoms with E-state index in [1.54, 1.807) is 24.3 Å². The van der Waals surface area contributed by atoms with Gasteiger partial charge in [0.1, 0.15) is 0 Å². The predicted octanol–water partition coefficient (Wildman–Crippen LogP) is 4.26. The summed E-state index contributed by atoms with van der Waals surface area (Å²) >= 11 is 3.28. The van der Waals surface area contributed by atoms with Crippen LogP contribution in [-0.2, 0) is 6.18 Å². The van der Waals surface area contributed by atoms with E-state index >= 15 is 0 Å². The maximum Gasteiger partial charge on any atom is 0.453 e. The minimum Gasteiger partial charge on any atom is -0.350 e. The Morgan fingerprint density at radius 1 is 1.10 bits per heavy atom. The van der Waals surface area contributed by atoms with Gasteiger partial charge >= 0.3 is 6.18 Å². The van der Waals surface area contributed by atoms with Gasteiger partial charge in [0.15, 0.2) is 0 Å². The molecular weight excluding hydrogens is 349 g/mol. The normalized spacial score (nSPS) is 12.5. The minimum atomic E-state index is -4.59. The maximum atomic E-state index is 12.8. The van der Waals surface area contributed by atoms with E-state index in [9.17, 15) is 13.2 Å². The van der Waals surface area contributed by atoms with E-state index in [2.05, 4.69) is 31.3 Å². The van der Waals surface area contributed by atoms with Gasteiger partial charge in [-0.15, -0.1) is 5.10 Å². The number of nitrogens with one attached hydrogen (secondary N) is 1. The van der Waals surface area contributed by atoms with Crippen LogP contribution in [-0.4, -0.2) is 20.3 Å². The van der Waals surface area contributed by atoms with Gasteiger partial charge in [-0.25, -0.2) is 0 Å². The Kier molecular flexibility index (Phi) is 4.01. The lowest BCUT2D eigenvalue weighted by Gasteiger charge is -2.21. The third-order valence-corrected chi connectivity index (χ3v) is 2.95. The SMILES string of the molecule is CC(C)(C)Nc1nc(C(F)(F)F)nn1-c1ccc(Br)cc1. The molecule has 8 heteroatoms. The summed E-state index contributed by atoms with van der Waals surface area (Å²) in [5, 5.41) is 6.50. The van der Waals surface area contributed by atoms with Crippen molar-refractivity contribution in [2.45, 2.75) is 32.5 Å². The highest BCUT2D eigenvalue weighted by Gasteiger charge is 2.37. The van der Waals surface area contributed by atoms with Crippen molar-refractivity contribution in [1.82, 2.24) is 14.8 Å². The van der Waals surface area contributed by atoms with Crippen LogP contribution in [0.15, 0.2) is 28.7 Å². The Morgan fingerprint density at radius 2 is 1.67 bits per heavy atom. The van der Waals surface area contributed by atoms with Gasteiger partial charge in [-0.3, -0.25) is 0 Å². The number of hydrogen-bond donors (Lipinski definition) is 1. The molecule has 0 unspecified atom stereocenters. The average molecular weight is 363 g/mol. The third kappa shape index (κ3) is 3.96. The fraction of sp³-hybridized carbons (Fsp3) is 0.385. The van der Waals surface area contributed by atoms with Crippen molar-refractivity contribution >= 4 is 21.9 Å². The van der Waals surface area contributed by atoms with E-state index in [1.807, 2.05) is 20.8 Å². The molecule has 0 atom stereocenters. The Morgan fingerprint density at radius 3 is 2.14 bits per heavy atom. The molecule has 1 N–H and O–H groups in total. The van der Waals surface area contributed by atoms with Crippen molar-refractivity contribution in [1.29, 1.82) is 0 Å². The van der Waals surface area contributed by atoms with Gasteiger partial charge in [0, 0.05) is 10.0 Å². The van der Waals surface area contributed by atoms with Crippen molar-refractivity contribution in [3.05, 3.63) is 34.6 Å². The van der Waals surface area contributed by atoms with Crippen LogP contribution < -0.4 is 5.32 Å². The van der Waals surface area contributed by atoms with Crippen molar-refractivity contribution in [2.24, 2.45) is 0 Å². The van der Waals surface area contributed by atoms with Crippen LogP contribution in [0.25, 0.3) is 5.69 Å². The summed E-state index contributed by atoms with van der Waals surface area (Å²) < 4.78 is 40.4. The summed E-state index contributed by atoms with van der Waals surface area (Å²) in [6, 6.07) is 6.77. The summed E-state index contributed by atoms with van der Waals surface area (Å²) in [6.07, 6.45) is -4.59. The van der Waals surface area contributed by atoms with Crippen LogP contribution in [0.1, 0.15) is 26.6 Å². The van der Waals surface area contributed by atoms with Gasteiger partial charge in [-0.05, 0) is 45.0 Å². The predicted molar refractivity (Wildman–Crippen MR) is 77.4 cm³/mol. The number of benzene rings is 1. The molecule has 0 saturated carbocycles. The van der Waals surface area contributed by atoms with Crippen LogP contribution in [0, 0.1) is 0 Å². The molecule has 2 rings (SSSR count). The van der Waals surface area contributed by atoms with Gasteiger partial charge in [-0.2, -0.15) is 22.8 Å². The first-order valence-corrected chi connectivity index (χ1v) is 6.94. The van der Waals surface area contributed by atoms with E-state index in [0.29, 0.717) is 5.69 Å². The van der Waals surface area contributed by atoms with Gasteiger partial charge in [0.2, 0.25) is 5.95 Å². The molecule has 0 spiro atoms. The standard InChI is InChI=1S/C13H14BrF3N4/c1-12(2,3)19-11-18-10(13(15,16)17)20-21(11)9-6-4-8(14)5-7-9/h4-7H,1-3H3,(H,18,19,20). The molecule has 0 saturated heterocycles. The lowest BCUT2D eigenvalue weighted by Crippen LogP contribution is -2.28. The second kappa shape index (κ2) is 5.32. The number of alkyl halides is 3. The molecule has 114 valence electrons. The Labute approximate surface area is 128 Å². The zero-order valence-electron chi connectivity index (χ0n) is 11.7. The van der Waals surface area contributed by atoms with E-state index < -0.39 is 17.5 Å². The van der Waals surface area contributed by atoms with Crippen LogP contribution >= 0.6 is 15.9 Å². The number of rotatable bonds is 2. The number of aromatic nitrogens is 3. The quantitative estimate of drug-likeness (QED) is 0.867. The first-order valence-electron chi connectivity index (χ1n) is 6.15. The molecule has 0 aliphatic rings. The van der Waals surface area contributed by atoms with Gasteiger partial charge in [-0.1, -0.05) is 15.9 Å². The van der Waals surface area contributed by atoms with Gasteiger partial charge in [0.25, 0.3) is 5.82 Å².